The third kappa shape index (κ3) is 1.52. The molecule has 1 nitrogen and oxygen atoms in total. The van der Waals surface area contributed by atoms with Crippen molar-refractivity contribution >= 4 is 22.5 Å². The SMILES string of the molecule is ClNC1CC1c1cccc2ccccc12. The molecule has 15 heavy (non-hydrogen) atoms. The summed E-state index contributed by atoms with van der Waals surface area (Å²) in [6, 6.07) is 15.5. The summed E-state index contributed by atoms with van der Waals surface area (Å²) in [5.41, 5.74) is 1.42. The van der Waals surface area contributed by atoms with Crippen LogP contribution >= 0.6 is 11.8 Å². The van der Waals surface area contributed by atoms with Crippen LogP contribution in [-0.2, 0) is 0 Å². The summed E-state index contributed by atoms with van der Waals surface area (Å²) in [5, 5.41) is 2.68. The lowest BCUT2D eigenvalue weighted by Gasteiger charge is -2.05. The van der Waals surface area contributed by atoms with Crippen molar-refractivity contribution in [1.29, 1.82) is 0 Å². The van der Waals surface area contributed by atoms with Crippen LogP contribution in [-0.4, -0.2) is 6.04 Å². The van der Waals surface area contributed by atoms with Gasteiger partial charge in [-0.1, -0.05) is 42.5 Å². The maximum absolute atomic E-state index is 5.64. The number of hydrogen-bond acceptors (Lipinski definition) is 1. The van der Waals surface area contributed by atoms with Crippen LogP contribution in [0.4, 0.5) is 0 Å². The van der Waals surface area contributed by atoms with E-state index < -0.39 is 0 Å². The molecule has 2 unspecified atom stereocenters. The van der Waals surface area contributed by atoms with Gasteiger partial charge in [0.25, 0.3) is 0 Å². The first kappa shape index (κ1) is 9.20. The molecule has 0 amide bonds. The molecule has 0 saturated heterocycles. The normalized spacial score (nSPS) is 24.3. The topological polar surface area (TPSA) is 12.0 Å². The molecule has 0 heterocycles. The van der Waals surface area contributed by atoms with Crippen molar-refractivity contribution < 1.29 is 0 Å². The zero-order valence-corrected chi connectivity index (χ0v) is 9.04. The van der Waals surface area contributed by atoms with E-state index in [9.17, 15) is 0 Å². The highest BCUT2D eigenvalue weighted by molar-refractivity contribution is 6.13. The van der Waals surface area contributed by atoms with Gasteiger partial charge in [-0.25, -0.2) is 4.84 Å². The van der Waals surface area contributed by atoms with Gasteiger partial charge in [-0.3, -0.25) is 0 Å². The van der Waals surface area contributed by atoms with Gasteiger partial charge in [0.05, 0.1) is 0 Å². The molecule has 2 heteroatoms. The van der Waals surface area contributed by atoms with Gasteiger partial charge in [-0.05, 0) is 34.5 Å². The van der Waals surface area contributed by atoms with Crippen LogP contribution in [0, 0.1) is 0 Å². The van der Waals surface area contributed by atoms with Crippen LogP contribution in [0.5, 0.6) is 0 Å². The molecule has 3 rings (SSSR count). The third-order valence-corrected chi connectivity index (χ3v) is 3.43. The molecule has 2 aromatic carbocycles. The van der Waals surface area contributed by atoms with E-state index >= 15 is 0 Å². The third-order valence-electron chi connectivity index (χ3n) is 3.15. The Labute approximate surface area is 94.2 Å². The Morgan fingerprint density at radius 2 is 1.87 bits per heavy atom. The van der Waals surface area contributed by atoms with Crippen molar-refractivity contribution in [3.63, 3.8) is 0 Å². The van der Waals surface area contributed by atoms with Crippen molar-refractivity contribution in [2.24, 2.45) is 0 Å². The fraction of sp³-hybridized carbons (Fsp3) is 0.231. The Bertz CT molecular complexity index is 489. The Morgan fingerprint density at radius 3 is 2.67 bits per heavy atom. The van der Waals surface area contributed by atoms with Gasteiger partial charge in [0.2, 0.25) is 0 Å². The predicted octanol–water partition coefficient (Wildman–Crippen LogP) is 3.44. The molecule has 1 fully saturated rings. The molecular formula is C13H12ClN. The van der Waals surface area contributed by atoms with Crippen LogP contribution in [0.2, 0.25) is 0 Å². The minimum atomic E-state index is 0.456. The highest BCUT2D eigenvalue weighted by Crippen LogP contribution is 2.43. The molecule has 1 aliphatic carbocycles. The van der Waals surface area contributed by atoms with Gasteiger partial charge in [-0.15, -0.1) is 0 Å². The van der Waals surface area contributed by atoms with E-state index in [0.29, 0.717) is 12.0 Å². The molecule has 1 saturated carbocycles. The first-order valence-electron chi connectivity index (χ1n) is 5.24. The molecule has 0 radical (unpaired) electrons. The zero-order valence-electron chi connectivity index (χ0n) is 8.28. The van der Waals surface area contributed by atoms with Gasteiger partial charge in [-0.2, -0.15) is 0 Å². The van der Waals surface area contributed by atoms with Crippen molar-refractivity contribution in [1.82, 2.24) is 4.84 Å². The average Bonchev–Trinajstić information content (AvgIpc) is 3.07. The standard InChI is InChI=1S/C13H12ClN/c14-15-13-8-12(13)11-7-3-5-9-4-1-2-6-10(9)11/h1-7,12-13,15H,8H2. The summed E-state index contributed by atoms with van der Waals surface area (Å²) < 4.78 is 0. The van der Waals surface area contributed by atoms with E-state index in [1.165, 1.54) is 16.3 Å². The molecule has 76 valence electrons. The number of rotatable bonds is 2. The lowest BCUT2D eigenvalue weighted by atomic mass is 10.0. The Morgan fingerprint density at radius 1 is 1.07 bits per heavy atom. The van der Waals surface area contributed by atoms with E-state index in [2.05, 4.69) is 47.3 Å². The number of hydrogen-bond donors (Lipinski definition) is 1. The molecule has 1 N–H and O–H groups in total. The van der Waals surface area contributed by atoms with E-state index in [1.807, 2.05) is 0 Å². The van der Waals surface area contributed by atoms with Gasteiger partial charge in [0.15, 0.2) is 0 Å². The summed E-state index contributed by atoms with van der Waals surface area (Å²) in [6.45, 7) is 0. The fourth-order valence-corrected chi connectivity index (χ4v) is 2.47. The maximum atomic E-state index is 5.64. The molecule has 2 aromatic rings. The summed E-state index contributed by atoms with van der Waals surface area (Å²) in [6.07, 6.45) is 1.15. The number of nitrogens with one attached hydrogen (secondary N) is 1. The van der Waals surface area contributed by atoms with Crippen LogP contribution in [0.15, 0.2) is 42.5 Å². The summed E-state index contributed by atoms with van der Waals surface area (Å²) in [5.74, 6) is 0.591. The minimum absolute atomic E-state index is 0.456. The van der Waals surface area contributed by atoms with Crippen LogP contribution in [0.1, 0.15) is 17.9 Å². The van der Waals surface area contributed by atoms with Gasteiger partial charge in [0.1, 0.15) is 0 Å². The zero-order chi connectivity index (χ0) is 10.3. The van der Waals surface area contributed by atoms with Crippen LogP contribution in [0.3, 0.4) is 0 Å². The summed E-state index contributed by atoms with van der Waals surface area (Å²) in [4.78, 5) is 2.82. The van der Waals surface area contributed by atoms with Crippen molar-refractivity contribution in [3.8, 4) is 0 Å². The van der Waals surface area contributed by atoms with Crippen molar-refractivity contribution in [3.05, 3.63) is 48.0 Å². The smallest absolute Gasteiger partial charge is 0.0296 e. The van der Waals surface area contributed by atoms with Gasteiger partial charge >= 0.3 is 0 Å². The highest BCUT2D eigenvalue weighted by Gasteiger charge is 2.38. The van der Waals surface area contributed by atoms with E-state index in [4.69, 9.17) is 11.8 Å². The Balaban J connectivity index is 2.11. The number of benzene rings is 2. The maximum Gasteiger partial charge on any atom is 0.0296 e. The molecule has 2 atom stereocenters. The monoisotopic (exact) mass is 217 g/mol. The quantitative estimate of drug-likeness (QED) is 0.760. The van der Waals surface area contributed by atoms with Gasteiger partial charge < -0.3 is 0 Å². The second-order valence-electron chi connectivity index (χ2n) is 4.13. The Hall–Kier alpha value is -1.05. The molecule has 1 aliphatic rings. The van der Waals surface area contributed by atoms with Crippen molar-refractivity contribution in [2.45, 2.75) is 18.4 Å². The summed E-state index contributed by atoms with van der Waals surface area (Å²) in [7, 11) is 0. The first-order chi connectivity index (χ1) is 7.40. The lowest BCUT2D eigenvalue weighted by Crippen LogP contribution is -2.03. The van der Waals surface area contributed by atoms with Crippen LogP contribution < -0.4 is 4.84 Å². The second kappa shape index (κ2) is 3.51. The molecule has 0 aromatic heterocycles. The molecule has 0 bridgehead atoms. The van der Waals surface area contributed by atoms with Crippen molar-refractivity contribution in [2.75, 3.05) is 0 Å². The summed E-state index contributed by atoms with van der Waals surface area (Å²) >= 11 is 5.64. The first-order valence-corrected chi connectivity index (χ1v) is 5.62. The average molecular weight is 218 g/mol. The molecular weight excluding hydrogens is 206 g/mol. The molecule has 0 aliphatic heterocycles. The second-order valence-corrected chi connectivity index (χ2v) is 4.34. The van der Waals surface area contributed by atoms with E-state index in [1.54, 1.807) is 0 Å². The van der Waals surface area contributed by atoms with E-state index in [-0.39, 0.29) is 0 Å². The van der Waals surface area contributed by atoms with Gasteiger partial charge in [0, 0.05) is 12.0 Å². The Kier molecular flexibility index (Phi) is 2.15. The van der Waals surface area contributed by atoms with Crippen LogP contribution in [0.25, 0.3) is 10.8 Å². The minimum Gasteiger partial charge on any atom is -0.230 e. The highest BCUT2D eigenvalue weighted by atomic mass is 35.5. The number of fused-ring (bicyclic) bond motifs is 1. The predicted molar refractivity (Wildman–Crippen MR) is 64.1 cm³/mol. The fourth-order valence-electron chi connectivity index (χ4n) is 2.23. The number of halogens is 1. The van der Waals surface area contributed by atoms with E-state index in [0.717, 1.165) is 6.42 Å². The molecule has 0 spiro atoms. The lowest BCUT2D eigenvalue weighted by molar-refractivity contribution is 0.911. The largest absolute Gasteiger partial charge is 0.230 e.